The molecular weight excluding hydrogens is 399 g/mol. The lowest BCUT2D eigenvalue weighted by Gasteiger charge is -2.29. The summed E-state index contributed by atoms with van der Waals surface area (Å²) in [5.74, 6) is -1.53. The van der Waals surface area contributed by atoms with Gasteiger partial charge in [0.05, 0.1) is 23.0 Å². The molecule has 2 aromatic carbocycles. The van der Waals surface area contributed by atoms with Crippen LogP contribution >= 0.6 is 0 Å². The number of carbonyl (C=O) groups excluding carboxylic acids is 2. The number of H-pyrrole nitrogens is 1. The van der Waals surface area contributed by atoms with E-state index in [2.05, 4.69) is 15.3 Å². The van der Waals surface area contributed by atoms with Gasteiger partial charge in [0.25, 0.3) is 11.5 Å². The number of aromatic amines is 1. The van der Waals surface area contributed by atoms with Crippen LogP contribution in [0.3, 0.4) is 0 Å². The van der Waals surface area contributed by atoms with Crippen molar-refractivity contribution in [2.45, 2.75) is 33.4 Å². The number of carbonyl (C=O) groups is 2. The molecule has 0 aliphatic heterocycles. The summed E-state index contributed by atoms with van der Waals surface area (Å²) in [6.45, 7) is 5.82. The highest BCUT2D eigenvalue weighted by Gasteiger charge is 2.29. The Bertz CT molecular complexity index is 1160. The average Bonchev–Trinajstić information content (AvgIpc) is 2.75. The molecule has 0 fully saturated rings. The van der Waals surface area contributed by atoms with E-state index in [-0.39, 0.29) is 29.5 Å². The summed E-state index contributed by atoms with van der Waals surface area (Å²) in [4.78, 5) is 46.8. The Morgan fingerprint density at radius 3 is 2.48 bits per heavy atom. The first-order valence-corrected chi connectivity index (χ1v) is 10.1. The summed E-state index contributed by atoms with van der Waals surface area (Å²) >= 11 is 0. The number of rotatable bonds is 7. The van der Waals surface area contributed by atoms with Crippen LogP contribution in [0.2, 0.25) is 0 Å². The second-order valence-electron chi connectivity index (χ2n) is 7.56. The van der Waals surface area contributed by atoms with Crippen molar-refractivity contribution in [3.63, 3.8) is 0 Å². The molecule has 1 atom stereocenters. The molecule has 162 valence electrons. The van der Waals surface area contributed by atoms with E-state index in [1.165, 1.54) is 23.1 Å². The Morgan fingerprint density at radius 2 is 1.81 bits per heavy atom. The van der Waals surface area contributed by atoms with Crippen molar-refractivity contribution >= 4 is 22.7 Å². The lowest BCUT2D eigenvalue weighted by atomic mass is 10.0. The minimum absolute atomic E-state index is 0.0776. The number of fused-ring (bicyclic) bond motifs is 1. The highest BCUT2D eigenvalue weighted by molar-refractivity contribution is 5.97. The molecule has 0 bridgehead atoms. The van der Waals surface area contributed by atoms with Gasteiger partial charge in [-0.15, -0.1) is 0 Å². The summed E-state index contributed by atoms with van der Waals surface area (Å²) in [5, 5.41) is 3.12. The predicted octanol–water partition coefficient (Wildman–Crippen LogP) is 2.87. The van der Waals surface area contributed by atoms with Gasteiger partial charge in [-0.3, -0.25) is 14.4 Å². The molecular formula is C23H25FN4O3. The van der Waals surface area contributed by atoms with Gasteiger partial charge in [-0.2, -0.15) is 0 Å². The molecule has 8 heteroatoms. The number of hydrogen-bond acceptors (Lipinski definition) is 4. The fourth-order valence-corrected chi connectivity index (χ4v) is 3.31. The van der Waals surface area contributed by atoms with Crippen molar-refractivity contribution in [1.29, 1.82) is 0 Å². The van der Waals surface area contributed by atoms with E-state index in [1.807, 2.05) is 0 Å². The maximum absolute atomic E-state index is 14.0. The van der Waals surface area contributed by atoms with Gasteiger partial charge in [0.1, 0.15) is 17.7 Å². The molecule has 0 aliphatic rings. The van der Waals surface area contributed by atoms with Gasteiger partial charge in [-0.1, -0.05) is 38.1 Å². The van der Waals surface area contributed by atoms with E-state index >= 15 is 0 Å². The van der Waals surface area contributed by atoms with E-state index in [9.17, 15) is 18.8 Å². The number of amides is 2. The van der Waals surface area contributed by atoms with Gasteiger partial charge in [-0.25, -0.2) is 9.37 Å². The maximum atomic E-state index is 14.0. The molecule has 0 radical (unpaired) electrons. The van der Waals surface area contributed by atoms with Crippen molar-refractivity contribution in [3.05, 3.63) is 76.1 Å². The van der Waals surface area contributed by atoms with Crippen molar-refractivity contribution in [1.82, 2.24) is 20.2 Å². The Morgan fingerprint density at radius 1 is 1.13 bits per heavy atom. The fourth-order valence-electron chi connectivity index (χ4n) is 3.31. The number of halogens is 1. The number of aromatic nitrogens is 2. The quantitative estimate of drug-likeness (QED) is 0.610. The third kappa shape index (κ3) is 4.96. The van der Waals surface area contributed by atoms with Crippen molar-refractivity contribution in [2.24, 2.45) is 5.92 Å². The van der Waals surface area contributed by atoms with Gasteiger partial charge >= 0.3 is 0 Å². The fraction of sp³-hybridized carbons (Fsp3) is 0.304. The predicted molar refractivity (Wildman–Crippen MR) is 116 cm³/mol. The van der Waals surface area contributed by atoms with Crippen LogP contribution < -0.4 is 10.9 Å². The number of likely N-dealkylation sites (N-methyl/N-ethyl adjacent to an activating group) is 1. The third-order valence-electron chi connectivity index (χ3n) is 5.03. The van der Waals surface area contributed by atoms with Gasteiger partial charge in [0.15, 0.2) is 0 Å². The highest BCUT2D eigenvalue weighted by atomic mass is 19.1. The smallest absolute Gasteiger partial charge is 0.258 e. The molecule has 0 spiro atoms. The summed E-state index contributed by atoms with van der Waals surface area (Å²) in [5.41, 5.74) is 0.139. The molecule has 1 heterocycles. The zero-order chi connectivity index (χ0) is 22.5. The molecule has 0 unspecified atom stereocenters. The van der Waals surface area contributed by atoms with E-state index in [4.69, 9.17) is 0 Å². The summed E-state index contributed by atoms with van der Waals surface area (Å²) in [7, 11) is 0. The maximum Gasteiger partial charge on any atom is 0.258 e. The van der Waals surface area contributed by atoms with Crippen molar-refractivity contribution < 1.29 is 14.0 Å². The molecule has 2 N–H and O–H groups in total. The Balaban J connectivity index is 1.82. The van der Waals surface area contributed by atoms with Crippen LogP contribution in [-0.2, 0) is 11.3 Å². The van der Waals surface area contributed by atoms with Crippen LogP contribution in [0.5, 0.6) is 0 Å². The summed E-state index contributed by atoms with van der Waals surface area (Å²) in [6.07, 6.45) is 0. The number of nitrogens with zero attached hydrogens (tertiary/aromatic N) is 2. The van der Waals surface area contributed by atoms with E-state index in [0.717, 1.165) is 0 Å². The molecule has 3 aromatic rings. The highest BCUT2D eigenvalue weighted by Crippen LogP contribution is 2.13. The SMILES string of the molecule is CCN(Cc1nc2ccccc2c(=O)[nH]1)C(=O)[C@@H](NC(=O)c1ccccc1F)C(C)C. The molecule has 7 nitrogen and oxygen atoms in total. The first kappa shape index (κ1) is 22.1. The van der Waals surface area contributed by atoms with Gasteiger partial charge in [0.2, 0.25) is 5.91 Å². The van der Waals surface area contributed by atoms with Gasteiger partial charge in [-0.05, 0) is 37.1 Å². The Kier molecular flexibility index (Phi) is 6.79. The van der Waals surface area contributed by atoms with Crippen LogP contribution in [0, 0.1) is 11.7 Å². The number of hydrogen-bond donors (Lipinski definition) is 2. The van der Waals surface area contributed by atoms with Crippen LogP contribution in [0.4, 0.5) is 4.39 Å². The Labute approximate surface area is 179 Å². The molecule has 0 saturated carbocycles. The van der Waals surface area contributed by atoms with E-state index in [0.29, 0.717) is 23.3 Å². The summed E-state index contributed by atoms with van der Waals surface area (Å²) < 4.78 is 14.0. The number of benzene rings is 2. The minimum atomic E-state index is -0.862. The molecule has 3 rings (SSSR count). The van der Waals surface area contributed by atoms with Gasteiger partial charge in [0, 0.05) is 6.54 Å². The van der Waals surface area contributed by atoms with Crippen molar-refractivity contribution in [3.8, 4) is 0 Å². The third-order valence-corrected chi connectivity index (χ3v) is 5.03. The second-order valence-corrected chi connectivity index (χ2v) is 7.56. The lowest BCUT2D eigenvalue weighted by Crippen LogP contribution is -2.51. The van der Waals surface area contributed by atoms with E-state index < -0.39 is 17.8 Å². The number of para-hydroxylation sites is 1. The zero-order valence-electron chi connectivity index (χ0n) is 17.7. The standard InChI is InChI=1S/C23H25FN4O3/c1-4-28(13-19-25-18-12-8-6-10-16(18)22(30)26-19)23(31)20(14(2)3)27-21(29)15-9-5-7-11-17(15)24/h5-12,14,20H,4,13H2,1-3H3,(H,27,29)(H,25,26,30)/t20-/m0/s1. The van der Waals surface area contributed by atoms with Gasteiger partial charge < -0.3 is 15.2 Å². The summed E-state index contributed by atoms with van der Waals surface area (Å²) in [6, 6.07) is 11.7. The molecule has 0 aliphatic carbocycles. The monoisotopic (exact) mass is 424 g/mol. The largest absolute Gasteiger partial charge is 0.340 e. The molecule has 31 heavy (non-hydrogen) atoms. The second kappa shape index (κ2) is 9.51. The van der Waals surface area contributed by atoms with Crippen LogP contribution in [0.15, 0.2) is 53.3 Å². The van der Waals surface area contributed by atoms with Crippen molar-refractivity contribution in [2.75, 3.05) is 6.54 Å². The van der Waals surface area contributed by atoms with Crippen LogP contribution in [0.25, 0.3) is 10.9 Å². The first-order chi connectivity index (χ1) is 14.8. The van der Waals surface area contributed by atoms with Crippen LogP contribution in [0.1, 0.15) is 37.0 Å². The molecule has 1 aromatic heterocycles. The lowest BCUT2D eigenvalue weighted by molar-refractivity contribution is -0.134. The minimum Gasteiger partial charge on any atom is -0.340 e. The molecule has 2 amide bonds. The first-order valence-electron chi connectivity index (χ1n) is 10.1. The van der Waals surface area contributed by atoms with Crippen LogP contribution in [-0.4, -0.2) is 39.3 Å². The topological polar surface area (TPSA) is 95.2 Å². The Hall–Kier alpha value is -3.55. The molecule has 0 saturated heterocycles. The number of nitrogens with one attached hydrogen (secondary N) is 2. The normalized spacial score (nSPS) is 12.0. The van der Waals surface area contributed by atoms with E-state index in [1.54, 1.807) is 51.1 Å². The zero-order valence-corrected chi connectivity index (χ0v) is 17.7. The average molecular weight is 424 g/mol.